The van der Waals surface area contributed by atoms with Crippen molar-refractivity contribution in [1.29, 1.82) is 0 Å². The van der Waals surface area contributed by atoms with Crippen molar-refractivity contribution in [2.24, 2.45) is 0 Å². The molecule has 0 aliphatic carbocycles. The van der Waals surface area contributed by atoms with Gasteiger partial charge in [0.25, 0.3) is 5.91 Å². The number of carbonyl (C=O) groups excluding carboxylic acids is 2. The van der Waals surface area contributed by atoms with Crippen LogP contribution in [-0.2, 0) is 4.79 Å². The number of nitrogens with zero attached hydrogens (tertiary/aromatic N) is 2. The van der Waals surface area contributed by atoms with Gasteiger partial charge >= 0.3 is 0 Å². The topological polar surface area (TPSA) is 122 Å². The Morgan fingerprint density at radius 1 is 1.09 bits per heavy atom. The van der Waals surface area contributed by atoms with Crippen molar-refractivity contribution in [1.82, 2.24) is 4.98 Å². The number of aliphatic hydroxyl groups excluding tert-OH is 1. The van der Waals surface area contributed by atoms with Gasteiger partial charge in [-0.2, -0.15) is 0 Å². The number of aromatic hydroxyl groups is 1. The molecule has 3 heterocycles. The third-order valence-corrected chi connectivity index (χ3v) is 6.74. The molecule has 0 saturated carbocycles. The molecule has 0 bridgehead atoms. The minimum absolute atomic E-state index is 0.0107. The van der Waals surface area contributed by atoms with Crippen molar-refractivity contribution in [3.63, 3.8) is 0 Å². The van der Waals surface area contributed by atoms with E-state index in [0.717, 1.165) is 4.70 Å². The second-order valence-electron chi connectivity index (χ2n) is 7.84. The van der Waals surface area contributed by atoms with Gasteiger partial charge in [0.05, 0.1) is 36.1 Å². The molecule has 4 aromatic rings. The van der Waals surface area contributed by atoms with Crippen molar-refractivity contribution < 1.29 is 33.7 Å². The zero-order valence-electron chi connectivity index (χ0n) is 18.9. The molecule has 1 aliphatic rings. The van der Waals surface area contributed by atoms with Gasteiger partial charge in [-0.05, 0) is 55.0 Å². The average molecular weight is 493 g/mol. The van der Waals surface area contributed by atoms with E-state index in [0.29, 0.717) is 22.6 Å². The first kappa shape index (κ1) is 22.5. The lowest BCUT2D eigenvalue weighted by Gasteiger charge is -2.24. The van der Waals surface area contributed by atoms with Gasteiger partial charge in [-0.15, -0.1) is 0 Å². The highest BCUT2D eigenvalue weighted by Gasteiger charge is 2.46. The maximum Gasteiger partial charge on any atom is 0.296 e. The van der Waals surface area contributed by atoms with Crippen molar-refractivity contribution in [2.45, 2.75) is 13.0 Å². The number of fused-ring (bicyclic) bond motifs is 1. The van der Waals surface area contributed by atoms with Crippen LogP contribution in [0.15, 0.2) is 64.3 Å². The molecule has 2 N–H and O–H groups in total. The highest BCUT2D eigenvalue weighted by Crippen LogP contribution is 2.46. The monoisotopic (exact) mass is 492 g/mol. The van der Waals surface area contributed by atoms with Crippen LogP contribution in [0.3, 0.4) is 0 Å². The number of ketones is 1. The molecule has 178 valence electrons. The quantitative estimate of drug-likeness (QED) is 0.371. The number of aryl methyl sites for hydroxylation is 1. The number of rotatable bonds is 6. The van der Waals surface area contributed by atoms with E-state index in [9.17, 15) is 19.8 Å². The number of hydrogen-bond donors (Lipinski definition) is 2. The van der Waals surface area contributed by atoms with Gasteiger partial charge in [-0.1, -0.05) is 17.4 Å². The number of carbonyl (C=O) groups is 2. The minimum atomic E-state index is -1.04. The number of aliphatic hydroxyl groups is 1. The summed E-state index contributed by atoms with van der Waals surface area (Å²) in [5, 5.41) is 21.3. The first-order chi connectivity index (χ1) is 16.8. The molecule has 2 aromatic heterocycles. The number of amides is 1. The Balaban J connectivity index is 1.69. The van der Waals surface area contributed by atoms with E-state index in [-0.39, 0.29) is 28.0 Å². The zero-order valence-corrected chi connectivity index (χ0v) is 19.8. The van der Waals surface area contributed by atoms with Crippen LogP contribution in [0.1, 0.15) is 27.9 Å². The van der Waals surface area contributed by atoms with Gasteiger partial charge < -0.3 is 24.1 Å². The summed E-state index contributed by atoms with van der Waals surface area (Å²) in [6.45, 7) is 1.69. The fourth-order valence-electron chi connectivity index (χ4n) is 4.03. The summed E-state index contributed by atoms with van der Waals surface area (Å²) in [5.74, 6) is -0.937. The third-order valence-electron chi connectivity index (χ3n) is 5.73. The predicted molar refractivity (Wildman–Crippen MR) is 128 cm³/mol. The Labute approximate surface area is 203 Å². The number of methoxy groups -OCH3 is 2. The number of aromatic nitrogens is 1. The molecule has 1 unspecified atom stereocenters. The SMILES string of the molecule is COc1ccc2nc(N3C(=O)C(O)=C(C(=O)c4ccc(C)o4)C3c3ccc(O)c(OC)c3)sc2c1. The Bertz CT molecular complexity index is 1520. The molecule has 0 spiro atoms. The highest BCUT2D eigenvalue weighted by atomic mass is 32.1. The van der Waals surface area contributed by atoms with Crippen LogP contribution in [0.25, 0.3) is 10.2 Å². The maximum absolute atomic E-state index is 13.4. The molecule has 1 atom stereocenters. The standard InChI is InChI=1S/C25H20N2O7S/c1-12-4-9-17(34-12)22(29)20-21(13-5-8-16(28)18(10-13)33-3)27(24(31)23(20)30)25-26-15-7-6-14(32-2)11-19(15)35-25/h4-11,21,28,30H,1-3H3. The van der Waals surface area contributed by atoms with Gasteiger partial charge in [-0.25, -0.2) is 4.98 Å². The van der Waals surface area contributed by atoms with E-state index in [2.05, 4.69) is 4.98 Å². The number of Topliss-reactive ketones (excluding diaryl/α,β-unsaturated/α-hetero) is 1. The van der Waals surface area contributed by atoms with Gasteiger partial charge in [0.15, 0.2) is 28.1 Å². The zero-order chi connectivity index (χ0) is 24.9. The lowest BCUT2D eigenvalue weighted by atomic mass is 9.95. The normalized spacial score (nSPS) is 15.8. The van der Waals surface area contributed by atoms with Gasteiger partial charge in [0.2, 0.25) is 5.78 Å². The smallest absolute Gasteiger partial charge is 0.296 e. The highest BCUT2D eigenvalue weighted by molar-refractivity contribution is 7.22. The van der Waals surface area contributed by atoms with E-state index in [1.54, 1.807) is 44.4 Å². The first-order valence-corrected chi connectivity index (χ1v) is 11.3. The fraction of sp³-hybridized carbons (Fsp3) is 0.160. The van der Waals surface area contributed by atoms with E-state index in [1.807, 2.05) is 0 Å². The van der Waals surface area contributed by atoms with Crippen molar-refractivity contribution in [3.8, 4) is 17.2 Å². The van der Waals surface area contributed by atoms with Crippen molar-refractivity contribution in [3.05, 3.63) is 76.9 Å². The van der Waals surface area contributed by atoms with Crippen LogP contribution in [-0.4, -0.2) is 41.1 Å². The molecule has 0 fully saturated rings. The summed E-state index contributed by atoms with van der Waals surface area (Å²) < 4.78 is 16.8. The second kappa shape index (κ2) is 8.48. The predicted octanol–water partition coefficient (Wildman–Crippen LogP) is 4.70. The van der Waals surface area contributed by atoms with Crippen molar-refractivity contribution >= 4 is 38.4 Å². The summed E-state index contributed by atoms with van der Waals surface area (Å²) in [4.78, 5) is 32.6. The number of furan rings is 1. The molecule has 0 saturated heterocycles. The summed E-state index contributed by atoms with van der Waals surface area (Å²) in [7, 11) is 2.94. The Hall–Kier alpha value is -4.31. The van der Waals surface area contributed by atoms with E-state index in [4.69, 9.17) is 13.9 Å². The van der Waals surface area contributed by atoms with Crippen LogP contribution in [0.2, 0.25) is 0 Å². The van der Waals surface area contributed by atoms with Crippen molar-refractivity contribution in [2.75, 3.05) is 19.1 Å². The fourth-order valence-corrected chi connectivity index (χ4v) is 5.05. The van der Waals surface area contributed by atoms with E-state index < -0.39 is 23.5 Å². The largest absolute Gasteiger partial charge is 0.504 e. The Morgan fingerprint density at radius 2 is 1.89 bits per heavy atom. The molecule has 0 radical (unpaired) electrons. The molecule has 9 nitrogen and oxygen atoms in total. The molecule has 1 aliphatic heterocycles. The third kappa shape index (κ3) is 3.68. The first-order valence-electron chi connectivity index (χ1n) is 10.5. The number of benzene rings is 2. The van der Waals surface area contributed by atoms with Gasteiger partial charge in [0.1, 0.15) is 11.5 Å². The minimum Gasteiger partial charge on any atom is -0.504 e. The Morgan fingerprint density at radius 3 is 2.57 bits per heavy atom. The molecule has 1 amide bonds. The number of anilines is 1. The number of thiazole rings is 1. The Kier molecular flexibility index (Phi) is 5.45. The van der Waals surface area contributed by atoms with E-state index in [1.165, 1.54) is 41.5 Å². The maximum atomic E-state index is 13.4. The molecule has 10 heteroatoms. The van der Waals surface area contributed by atoms with Crippen LogP contribution >= 0.6 is 11.3 Å². The van der Waals surface area contributed by atoms with E-state index >= 15 is 0 Å². The number of ether oxygens (including phenoxy) is 2. The summed E-state index contributed by atoms with van der Waals surface area (Å²) in [6.07, 6.45) is 0. The lowest BCUT2D eigenvalue weighted by molar-refractivity contribution is -0.117. The van der Waals surface area contributed by atoms with Crippen LogP contribution < -0.4 is 14.4 Å². The summed E-state index contributed by atoms with van der Waals surface area (Å²) >= 11 is 1.22. The number of hydrogen-bond acceptors (Lipinski definition) is 9. The molecular formula is C25H20N2O7S. The summed E-state index contributed by atoms with van der Waals surface area (Å²) in [6, 6.07) is 11.8. The second-order valence-corrected chi connectivity index (χ2v) is 8.85. The number of phenols is 1. The molecule has 5 rings (SSSR count). The summed E-state index contributed by atoms with van der Waals surface area (Å²) in [5.41, 5.74) is 0.899. The van der Waals surface area contributed by atoms with Gasteiger partial charge in [0, 0.05) is 0 Å². The van der Waals surface area contributed by atoms with Gasteiger partial charge in [-0.3, -0.25) is 14.5 Å². The molecule has 35 heavy (non-hydrogen) atoms. The molecular weight excluding hydrogens is 472 g/mol. The van der Waals surface area contributed by atoms with Crippen LogP contribution in [0.5, 0.6) is 17.2 Å². The molecule has 2 aromatic carbocycles. The van der Waals surface area contributed by atoms with Crippen LogP contribution in [0.4, 0.5) is 5.13 Å². The van der Waals surface area contributed by atoms with Crippen LogP contribution in [0, 0.1) is 6.92 Å². The average Bonchev–Trinajstić information content (AvgIpc) is 3.54. The number of phenolic OH excluding ortho intramolecular Hbond substituents is 1. The lowest BCUT2D eigenvalue weighted by Crippen LogP contribution is -2.31.